The Bertz CT molecular complexity index is 1050. The Labute approximate surface area is 137 Å². The average Bonchev–Trinajstić information content (AvgIpc) is 3.20. The highest BCUT2D eigenvalue weighted by atomic mass is 16.2. The molecule has 0 radical (unpaired) electrons. The normalized spacial score (nSPS) is 11.5. The van der Waals surface area contributed by atoms with Gasteiger partial charge in [0, 0.05) is 22.7 Å². The van der Waals surface area contributed by atoms with Crippen molar-refractivity contribution in [2.75, 3.05) is 0 Å². The molecule has 118 valence electrons. The summed E-state index contributed by atoms with van der Waals surface area (Å²) in [6.07, 6.45) is 3.47. The van der Waals surface area contributed by atoms with Gasteiger partial charge in [-0.25, -0.2) is 10.1 Å². The minimum atomic E-state index is -0.262. The maximum atomic E-state index is 12.0. The highest BCUT2D eigenvalue weighted by Crippen LogP contribution is 2.15. The summed E-state index contributed by atoms with van der Waals surface area (Å²) >= 11 is 0. The summed E-state index contributed by atoms with van der Waals surface area (Å²) in [5.74, 6) is -0.262. The first kappa shape index (κ1) is 14.1. The van der Waals surface area contributed by atoms with Crippen molar-refractivity contribution in [3.63, 3.8) is 0 Å². The fourth-order valence-corrected chi connectivity index (χ4v) is 2.58. The van der Waals surface area contributed by atoms with Crippen LogP contribution < -0.4 is 5.43 Å². The number of hydrogen-bond acceptors (Lipinski definition) is 4. The molecular weight excluding hydrogens is 304 g/mol. The SMILES string of the molecule is O=C(Cn1nnc2ccccc21)N/N=C\c1c[nH]c2ccccc12. The Morgan fingerprint density at radius 1 is 1.21 bits per heavy atom. The second kappa shape index (κ2) is 5.96. The van der Waals surface area contributed by atoms with Crippen LogP contribution in [0.15, 0.2) is 59.8 Å². The molecule has 0 fully saturated rings. The summed E-state index contributed by atoms with van der Waals surface area (Å²) < 4.78 is 1.55. The lowest BCUT2D eigenvalue weighted by Gasteiger charge is -2.00. The van der Waals surface area contributed by atoms with E-state index in [2.05, 4.69) is 25.8 Å². The molecule has 0 bridgehead atoms. The maximum absolute atomic E-state index is 12.0. The number of nitrogens with one attached hydrogen (secondary N) is 2. The number of carbonyl (C=O) groups is 1. The number of rotatable bonds is 4. The monoisotopic (exact) mass is 318 g/mol. The molecular formula is C17H14N6O. The summed E-state index contributed by atoms with van der Waals surface area (Å²) in [6.45, 7) is 0.0612. The van der Waals surface area contributed by atoms with E-state index in [0.29, 0.717) is 0 Å². The molecule has 4 rings (SSSR count). The predicted octanol–water partition coefficient (Wildman–Crippen LogP) is 2.06. The molecule has 0 atom stereocenters. The first-order chi connectivity index (χ1) is 11.8. The first-order valence-corrected chi connectivity index (χ1v) is 7.47. The third-order valence-electron chi connectivity index (χ3n) is 3.73. The number of para-hydroxylation sites is 2. The summed E-state index contributed by atoms with van der Waals surface area (Å²) in [7, 11) is 0. The van der Waals surface area contributed by atoms with Crippen LogP contribution in [-0.4, -0.2) is 32.1 Å². The van der Waals surface area contributed by atoms with Gasteiger partial charge < -0.3 is 4.98 Å². The summed E-state index contributed by atoms with van der Waals surface area (Å²) in [4.78, 5) is 15.2. The van der Waals surface area contributed by atoms with Crippen molar-refractivity contribution in [1.29, 1.82) is 0 Å². The molecule has 2 N–H and O–H groups in total. The number of hydrogen-bond donors (Lipinski definition) is 2. The van der Waals surface area contributed by atoms with Gasteiger partial charge in [-0.05, 0) is 18.2 Å². The van der Waals surface area contributed by atoms with Crippen molar-refractivity contribution >= 4 is 34.1 Å². The van der Waals surface area contributed by atoms with Crippen molar-refractivity contribution < 1.29 is 4.79 Å². The fourth-order valence-electron chi connectivity index (χ4n) is 2.58. The van der Waals surface area contributed by atoms with E-state index in [0.717, 1.165) is 27.5 Å². The summed E-state index contributed by atoms with van der Waals surface area (Å²) in [6, 6.07) is 15.4. The van der Waals surface area contributed by atoms with Gasteiger partial charge in [0.05, 0.1) is 11.7 Å². The van der Waals surface area contributed by atoms with Crippen LogP contribution in [0.2, 0.25) is 0 Å². The lowest BCUT2D eigenvalue weighted by molar-refractivity contribution is -0.121. The van der Waals surface area contributed by atoms with Gasteiger partial charge in [-0.3, -0.25) is 4.79 Å². The lowest BCUT2D eigenvalue weighted by atomic mass is 10.2. The number of H-pyrrole nitrogens is 1. The predicted molar refractivity (Wildman–Crippen MR) is 91.6 cm³/mol. The average molecular weight is 318 g/mol. The molecule has 0 saturated heterocycles. The minimum Gasteiger partial charge on any atom is -0.361 e. The van der Waals surface area contributed by atoms with Crippen molar-refractivity contribution in [3.05, 3.63) is 60.3 Å². The van der Waals surface area contributed by atoms with Crippen LogP contribution >= 0.6 is 0 Å². The lowest BCUT2D eigenvalue weighted by Crippen LogP contribution is -2.23. The molecule has 2 aromatic carbocycles. The quantitative estimate of drug-likeness (QED) is 0.446. The Morgan fingerprint density at radius 3 is 3.00 bits per heavy atom. The Balaban J connectivity index is 1.45. The second-order valence-electron chi connectivity index (χ2n) is 5.32. The number of hydrazone groups is 1. The van der Waals surface area contributed by atoms with E-state index in [1.165, 1.54) is 0 Å². The van der Waals surface area contributed by atoms with Gasteiger partial charge in [0.1, 0.15) is 12.1 Å². The van der Waals surface area contributed by atoms with Gasteiger partial charge in [-0.1, -0.05) is 35.5 Å². The molecule has 2 aromatic heterocycles. The number of fused-ring (bicyclic) bond motifs is 2. The van der Waals surface area contributed by atoms with Gasteiger partial charge in [0.2, 0.25) is 0 Å². The van der Waals surface area contributed by atoms with Crippen molar-refractivity contribution in [2.24, 2.45) is 5.10 Å². The highest BCUT2D eigenvalue weighted by molar-refractivity contribution is 5.99. The smallest absolute Gasteiger partial charge is 0.261 e. The van der Waals surface area contributed by atoms with Gasteiger partial charge in [-0.2, -0.15) is 5.10 Å². The highest BCUT2D eigenvalue weighted by Gasteiger charge is 2.07. The second-order valence-corrected chi connectivity index (χ2v) is 5.32. The molecule has 7 heteroatoms. The van der Waals surface area contributed by atoms with E-state index in [9.17, 15) is 4.79 Å². The first-order valence-electron chi connectivity index (χ1n) is 7.47. The third-order valence-corrected chi connectivity index (χ3v) is 3.73. The van der Waals surface area contributed by atoms with E-state index in [1.54, 1.807) is 10.9 Å². The number of aromatic nitrogens is 4. The molecule has 0 spiro atoms. The van der Waals surface area contributed by atoms with Crippen LogP contribution in [0, 0.1) is 0 Å². The molecule has 7 nitrogen and oxygen atoms in total. The van der Waals surface area contributed by atoms with Gasteiger partial charge >= 0.3 is 0 Å². The van der Waals surface area contributed by atoms with E-state index < -0.39 is 0 Å². The van der Waals surface area contributed by atoms with Gasteiger partial charge in [-0.15, -0.1) is 5.10 Å². The fraction of sp³-hybridized carbons (Fsp3) is 0.0588. The number of nitrogens with zero attached hydrogens (tertiary/aromatic N) is 4. The molecule has 0 aliphatic heterocycles. The molecule has 0 aliphatic rings. The largest absolute Gasteiger partial charge is 0.361 e. The molecule has 4 aromatic rings. The van der Waals surface area contributed by atoms with E-state index >= 15 is 0 Å². The van der Waals surface area contributed by atoms with Crippen LogP contribution in [0.1, 0.15) is 5.56 Å². The molecule has 0 saturated carbocycles. The van der Waals surface area contributed by atoms with E-state index in [-0.39, 0.29) is 12.5 Å². The van der Waals surface area contributed by atoms with Crippen LogP contribution in [0.4, 0.5) is 0 Å². The van der Waals surface area contributed by atoms with Crippen LogP contribution in [0.5, 0.6) is 0 Å². The molecule has 0 aliphatic carbocycles. The van der Waals surface area contributed by atoms with Crippen molar-refractivity contribution in [2.45, 2.75) is 6.54 Å². The Hall–Kier alpha value is -3.48. The minimum absolute atomic E-state index is 0.0612. The number of carbonyl (C=O) groups excluding carboxylic acids is 1. The van der Waals surface area contributed by atoms with Crippen LogP contribution in [0.25, 0.3) is 21.9 Å². The van der Waals surface area contributed by atoms with Gasteiger partial charge in [0.25, 0.3) is 5.91 Å². The number of amides is 1. The standard InChI is InChI=1S/C17H14N6O/c24-17(11-23-16-8-4-3-7-15(16)20-22-23)21-19-10-12-9-18-14-6-2-1-5-13(12)14/h1-10,18H,11H2,(H,21,24)/b19-10-. The van der Waals surface area contributed by atoms with Crippen LogP contribution in [0.3, 0.4) is 0 Å². The Morgan fingerprint density at radius 2 is 2.04 bits per heavy atom. The zero-order valence-corrected chi connectivity index (χ0v) is 12.7. The van der Waals surface area contributed by atoms with Crippen molar-refractivity contribution in [1.82, 2.24) is 25.4 Å². The Kier molecular flexibility index (Phi) is 3.51. The summed E-state index contributed by atoms with van der Waals surface area (Å²) in [5.41, 5.74) is 6.03. The van der Waals surface area contributed by atoms with E-state index in [1.807, 2.05) is 54.7 Å². The molecule has 24 heavy (non-hydrogen) atoms. The topological polar surface area (TPSA) is 88.0 Å². The third kappa shape index (κ3) is 2.63. The van der Waals surface area contributed by atoms with Crippen molar-refractivity contribution in [3.8, 4) is 0 Å². The zero-order valence-electron chi connectivity index (χ0n) is 12.7. The molecule has 1 amide bonds. The number of aromatic amines is 1. The molecule has 2 heterocycles. The molecule has 0 unspecified atom stereocenters. The summed E-state index contributed by atoms with van der Waals surface area (Å²) in [5, 5.41) is 13.1. The maximum Gasteiger partial charge on any atom is 0.261 e. The van der Waals surface area contributed by atoms with Gasteiger partial charge in [0.15, 0.2) is 0 Å². The van der Waals surface area contributed by atoms with Crippen LogP contribution in [-0.2, 0) is 11.3 Å². The van der Waals surface area contributed by atoms with E-state index in [4.69, 9.17) is 0 Å². The zero-order chi connectivity index (χ0) is 16.4. The number of benzene rings is 2.